The molecule has 21 heavy (non-hydrogen) atoms. The summed E-state index contributed by atoms with van der Waals surface area (Å²) in [5.41, 5.74) is 0.793. The van der Waals surface area contributed by atoms with Crippen LogP contribution in [0.25, 0.3) is 0 Å². The summed E-state index contributed by atoms with van der Waals surface area (Å²) >= 11 is 0. The second-order valence-electron chi connectivity index (χ2n) is 4.52. The Morgan fingerprint density at radius 1 is 1.19 bits per heavy atom. The average Bonchev–Trinajstić information content (AvgIpc) is 2.45. The van der Waals surface area contributed by atoms with E-state index in [-0.39, 0.29) is 32.7 Å². The second kappa shape index (κ2) is 8.08. The first-order chi connectivity index (χ1) is 9.87. The molecule has 1 aromatic carbocycles. The first-order valence-electron chi connectivity index (χ1n) is 6.46. The summed E-state index contributed by atoms with van der Waals surface area (Å²) in [5, 5.41) is 17.7. The summed E-state index contributed by atoms with van der Waals surface area (Å²) in [5.74, 6) is -1.06. The summed E-state index contributed by atoms with van der Waals surface area (Å²) in [6, 6.07) is 9.00. The monoisotopic (exact) mass is 316 g/mol. The summed E-state index contributed by atoms with van der Waals surface area (Å²) in [6.07, 6.45) is -0.270. The minimum absolute atomic E-state index is 0.0470. The van der Waals surface area contributed by atoms with Gasteiger partial charge in [-0.2, -0.15) is 17.0 Å². The van der Waals surface area contributed by atoms with Crippen molar-refractivity contribution in [2.75, 3.05) is 26.7 Å². The molecule has 0 aromatic heterocycles. The van der Waals surface area contributed by atoms with Crippen LogP contribution in [-0.4, -0.2) is 60.0 Å². The fourth-order valence-corrected chi connectivity index (χ4v) is 3.08. The Labute approximate surface area is 124 Å². The average molecular weight is 316 g/mol. The standard InChI is InChI=1S/C13H20N2O5S/c1-14(8-7-13(17)18)21(19,20)15(9-10-16)11-12-5-3-2-4-6-12/h2-6,16H,7-11H2,1H3,(H,17,18). The minimum Gasteiger partial charge on any atom is -0.481 e. The van der Waals surface area contributed by atoms with E-state index in [2.05, 4.69) is 0 Å². The van der Waals surface area contributed by atoms with Gasteiger partial charge in [0.1, 0.15) is 0 Å². The summed E-state index contributed by atoms with van der Waals surface area (Å²) in [7, 11) is -2.49. The largest absolute Gasteiger partial charge is 0.481 e. The second-order valence-corrected chi connectivity index (χ2v) is 6.55. The number of aliphatic hydroxyl groups excluding tert-OH is 1. The van der Waals surface area contributed by atoms with Gasteiger partial charge >= 0.3 is 5.97 Å². The van der Waals surface area contributed by atoms with Crippen LogP contribution in [-0.2, 0) is 21.5 Å². The van der Waals surface area contributed by atoms with E-state index in [1.54, 1.807) is 24.3 Å². The van der Waals surface area contributed by atoms with Crippen molar-refractivity contribution in [3.63, 3.8) is 0 Å². The van der Waals surface area contributed by atoms with Crippen molar-refractivity contribution < 1.29 is 23.4 Å². The number of hydrogen-bond donors (Lipinski definition) is 2. The maximum Gasteiger partial charge on any atom is 0.304 e. The lowest BCUT2D eigenvalue weighted by Crippen LogP contribution is -2.43. The first kappa shape index (κ1) is 17.6. The van der Waals surface area contributed by atoms with Crippen molar-refractivity contribution in [1.29, 1.82) is 0 Å². The first-order valence-corrected chi connectivity index (χ1v) is 7.85. The van der Waals surface area contributed by atoms with Crippen LogP contribution in [0, 0.1) is 0 Å². The molecule has 0 heterocycles. The number of aliphatic carboxylic acids is 1. The molecular weight excluding hydrogens is 296 g/mol. The van der Waals surface area contributed by atoms with Gasteiger partial charge in [0.25, 0.3) is 10.2 Å². The van der Waals surface area contributed by atoms with Crippen LogP contribution in [0.4, 0.5) is 0 Å². The number of nitrogens with zero attached hydrogens (tertiary/aromatic N) is 2. The predicted octanol–water partition coefficient (Wildman–Crippen LogP) is 0.132. The zero-order chi connectivity index (χ0) is 15.9. The fourth-order valence-electron chi connectivity index (χ4n) is 1.74. The maximum absolute atomic E-state index is 12.4. The molecule has 0 aliphatic carbocycles. The Balaban J connectivity index is 2.84. The molecule has 0 atom stereocenters. The van der Waals surface area contributed by atoms with Gasteiger partial charge in [-0.1, -0.05) is 30.3 Å². The molecule has 0 saturated carbocycles. The Morgan fingerprint density at radius 3 is 2.33 bits per heavy atom. The molecule has 8 heteroatoms. The quantitative estimate of drug-likeness (QED) is 0.675. The number of carboxylic acids is 1. The van der Waals surface area contributed by atoms with E-state index in [1.165, 1.54) is 7.05 Å². The predicted molar refractivity (Wildman–Crippen MR) is 77.7 cm³/mol. The molecule has 0 aliphatic heterocycles. The van der Waals surface area contributed by atoms with Crippen molar-refractivity contribution in [3.8, 4) is 0 Å². The van der Waals surface area contributed by atoms with E-state index < -0.39 is 16.2 Å². The van der Waals surface area contributed by atoms with Gasteiger partial charge in [-0.05, 0) is 5.56 Å². The lowest BCUT2D eigenvalue weighted by molar-refractivity contribution is -0.137. The van der Waals surface area contributed by atoms with Crippen LogP contribution < -0.4 is 0 Å². The van der Waals surface area contributed by atoms with Crippen molar-refractivity contribution >= 4 is 16.2 Å². The van der Waals surface area contributed by atoms with Gasteiger partial charge in [-0.15, -0.1) is 0 Å². The van der Waals surface area contributed by atoms with E-state index in [4.69, 9.17) is 10.2 Å². The Kier molecular flexibility index (Phi) is 6.76. The molecule has 1 rings (SSSR count). The normalized spacial score (nSPS) is 12.0. The number of rotatable bonds is 9. The van der Waals surface area contributed by atoms with Gasteiger partial charge in [0.15, 0.2) is 0 Å². The van der Waals surface area contributed by atoms with Crippen LogP contribution in [0.2, 0.25) is 0 Å². The van der Waals surface area contributed by atoms with Crippen molar-refractivity contribution in [1.82, 2.24) is 8.61 Å². The molecule has 0 radical (unpaired) electrons. The molecule has 0 fully saturated rings. The third-order valence-corrected chi connectivity index (χ3v) is 4.85. The summed E-state index contributed by atoms with van der Waals surface area (Å²) in [6.45, 7) is -0.344. The topological polar surface area (TPSA) is 98.2 Å². The van der Waals surface area contributed by atoms with Gasteiger partial charge in [0.2, 0.25) is 0 Å². The maximum atomic E-state index is 12.4. The molecule has 7 nitrogen and oxygen atoms in total. The number of benzene rings is 1. The fraction of sp³-hybridized carbons (Fsp3) is 0.462. The highest BCUT2D eigenvalue weighted by Crippen LogP contribution is 2.12. The minimum atomic E-state index is -3.81. The number of aliphatic hydroxyl groups is 1. The van der Waals surface area contributed by atoms with Crippen LogP contribution in [0.5, 0.6) is 0 Å². The third-order valence-electron chi connectivity index (χ3n) is 2.91. The number of hydrogen-bond acceptors (Lipinski definition) is 4. The summed E-state index contributed by atoms with van der Waals surface area (Å²) < 4.78 is 26.9. The zero-order valence-electron chi connectivity index (χ0n) is 11.8. The highest BCUT2D eigenvalue weighted by atomic mass is 32.2. The van der Waals surface area contributed by atoms with Crippen LogP contribution in [0.3, 0.4) is 0 Å². The lowest BCUT2D eigenvalue weighted by atomic mass is 10.2. The van der Waals surface area contributed by atoms with Gasteiger partial charge in [-0.25, -0.2) is 0 Å². The molecule has 0 bridgehead atoms. The smallest absolute Gasteiger partial charge is 0.304 e. The summed E-state index contributed by atoms with van der Waals surface area (Å²) in [4.78, 5) is 10.5. The molecule has 0 spiro atoms. The van der Waals surface area contributed by atoms with Crippen molar-refractivity contribution in [2.24, 2.45) is 0 Å². The van der Waals surface area contributed by atoms with Crippen LogP contribution in [0.1, 0.15) is 12.0 Å². The van der Waals surface area contributed by atoms with Crippen LogP contribution in [0.15, 0.2) is 30.3 Å². The molecule has 0 saturated heterocycles. The van der Waals surface area contributed by atoms with E-state index in [0.29, 0.717) is 0 Å². The zero-order valence-corrected chi connectivity index (χ0v) is 12.7. The van der Waals surface area contributed by atoms with Gasteiger partial charge in [0.05, 0.1) is 13.0 Å². The van der Waals surface area contributed by atoms with Gasteiger partial charge < -0.3 is 10.2 Å². The van der Waals surface area contributed by atoms with Gasteiger partial charge in [0, 0.05) is 26.7 Å². The highest BCUT2D eigenvalue weighted by molar-refractivity contribution is 7.86. The molecular formula is C13H20N2O5S. The van der Waals surface area contributed by atoms with E-state index in [1.807, 2.05) is 6.07 Å². The Hall–Kier alpha value is -1.48. The number of carbonyl (C=O) groups is 1. The molecule has 2 N–H and O–H groups in total. The lowest BCUT2D eigenvalue weighted by Gasteiger charge is -2.26. The molecule has 0 unspecified atom stereocenters. The molecule has 1 aromatic rings. The SMILES string of the molecule is CN(CCC(=O)O)S(=O)(=O)N(CCO)Cc1ccccc1. The Morgan fingerprint density at radius 2 is 1.81 bits per heavy atom. The van der Waals surface area contributed by atoms with Crippen molar-refractivity contribution in [2.45, 2.75) is 13.0 Å². The third kappa shape index (κ3) is 5.43. The Bertz CT molecular complexity index is 547. The van der Waals surface area contributed by atoms with Gasteiger partial charge in [-0.3, -0.25) is 4.79 Å². The van der Waals surface area contributed by atoms with Crippen molar-refractivity contribution in [3.05, 3.63) is 35.9 Å². The van der Waals surface area contributed by atoms with Crippen LogP contribution >= 0.6 is 0 Å². The number of carboxylic acid groups (broad SMARTS) is 1. The molecule has 0 amide bonds. The van der Waals surface area contributed by atoms with E-state index in [9.17, 15) is 13.2 Å². The molecule has 0 aliphatic rings. The molecule has 118 valence electrons. The van der Waals surface area contributed by atoms with E-state index in [0.717, 1.165) is 14.2 Å². The van der Waals surface area contributed by atoms with E-state index >= 15 is 0 Å². The highest BCUT2D eigenvalue weighted by Gasteiger charge is 2.26.